The van der Waals surface area contributed by atoms with Crippen molar-refractivity contribution in [2.75, 3.05) is 32.7 Å². The molecule has 1 heterocycles. The maximum Gasteiger partial charge on any atom is 0.240 e. The van der Waals surface area contributed by atoms with Crippen LogP contribution in [0.2, 0.25) is 0 Å². The van der Waals surface area contributed by atoms with E-state index in [4.69, 9.17) is 10.6 Å². The fraction of sp³-hybridized carbons (Fsp3) is 0.556. The Labute approximate surface area is 89.4 Å². The summed E-state index contributed by atoms with van der Waals surface area (Å²) in [6, 6.07) is 0. The van der Waals surface area contributed by atoms with Gasteiger partial charge >= 0.3 is 0 Å². The minimum absolute atomic E-state index is 0.362. The number of likely N-dealkylation sites (N-methyl/N-ethyl adjacent to an activating group) is 1. The first kappa shape index (κ1) is 11.7. The molecule has 0 saturated heterocycles. The van der Waals surface area contributed by atoms with Gasteiger partial charge in [-0.3, -0.25) is 5.43 Å². The lowest BCUT2D eigenvalue weighted by Crippen LogP contribution is -2.20. The van der Waals surface area contributed by atoms with Gasteiger partial charge in [0.1, 0.15) is 6.61 Å². The summed E-state index contributed by atoms with van der Waals surface area (Å²) >= 11 is 0. The van der Waals surface area contributed by atoms with E-state index in [0.29, 0.717) is 18.4 Å². The SMILES string of the molecule is Cc1cnc(NN)nc1OCCN(C)C. The molecule has 1 aromatic rings. The molecular weight excluding hydrogens is 194 g/mol. The van der Waals surface area contributed by atoms with E-state index in [1.54, 1.807) is 6.20 Å². The number of aryl methyl sites for hydroxylation is 1. The molecule has 1 rings (SSSR count). The van der Waals surface area contributed by atoms with Gasteiger partial charge in [-0.05, 0) is 21.0 Å². The number of nitrogen functional groups attached to an aromatic ring is 1. The maximum absolute atomic E-state index is 5.50. The third-order valence-electron chi connectivity index (χ3n) is 1.83. The van der Waals surface area contributed by atoms with Gasteiger partial charge in [-0.15, -0.1) is 0 Å². The molecular formula is C9H17N5O. The quantitative estimate of drug-likeness (QED) is 0.528. The van der Waals surface area contributed by atoms with Gasteiger partial charge in [0.25, 0.3) is 0 Å². The van der Waals surface area contributed by atoms with Crippen LogP contribution < -0.4 is 16.0 Å². The van der Waals surface area contributed by atoms with Crippen molar-refractivity contribution in [3.63, 3.8) is 0 Å². The van der Waals surface area contributed by atoms with E-state index in [1.807, 2.05) is 25.9 Å². The fourth-order valence-corrected chi connectivity index (χ4v) is 0.967. The zero-order valence-electron chi connectivity index (χ0n) is 9.32. The van der Waals surface area contributed by atoms with Crippen LogP contribution in [-0.4, -0.2) is 42.1 Å². The lowest BCUT2D eigenvalue weighted by Gasteiger charge is -2.12. The molecule has 0 amide bonds. The first-order valence-electron chi connectivity index (χ1n) is 4.71. The second-order valence-electron chi connectivity index (χ2n) is 3.48. The van der Waals surface area contributed by atoms with Gasteiger partial charge in [-0.1, -0.05) is 0 Å². The minimum Gasteiger partial charge on any atom is -0.476 e. The van der Waals surface area contributed by atoms with Crippen molar-refractivity contribution < 1.29 is 4.74 Å². The van der Waals surface area contributed by atoms with E-state index >= 15 is 0 Å². The average Bonchev–Trinajstić information content (AvgIpc) is 2.20. The zero-order chi connectivity index (χ0) is 11.3. The summed E-state index contributed by atoms with van der Waals surface area (Å²) in [5.41, 5.74) is 3.28. The summed E-state index contributed by atoms with van der Waals surface area (Å²) in [4.78, 5) is 10.1. The number of anilines is 1. The predicted molar refractivity (Wildman–Crippen MR) is 58.6 cm³/mol. The second-order valence-corrected chi connectivity index (χ2v) is 3.48. The van der Waals surface area contributed by atoms with Crippen molar-refractivity contribution in [2.45, 2.75) is 6.92 Å². The zero-order valence-corrected chi connectivity index (χ0v) is 9.32. The Kier molecular flexibility index (Phi) is 4.26. The molecule has 0 aliphatic carbocycles. The van der Waals surface area contributed by atoms with Crippen molar-refractivity contribution >= 4 is 5.95 Å². The van der Waals surface area contributed by atoms with Crippen LogP contribution in [-0.2, 0) is 0 Å². The molecule has 0 radical (unpaired) electrons. The Bertz CT molecular complexity index is 315. The van der Waals surface area contributed by atoms with Crippen LogP contribution in [0, 0.1) is 6.92 Å². The van der Waals surface area contributed by atoms with Crippen LogP contribution in [0.1, 0.15) is 5.56 Å². The molecule has 84 valence electrons. The number of rotatable bonds is 5. The first-order chi connectivity index (χ1) is 7.13. The Balaban J connectivity index is 2.59. The van der Waals surface area contributed by atoms with E-state index in [9.17, 15) is 0 Å². The van der Waals surface area contributed by atoms with Crippen molar-refractivity contribution in [3.8, 4) is 5.88 Å². The number of hydrazine groups is 1. The van der Waals surface area contributed by atoms with Gasteiger partial charge in [-0.2, -0.15) is 4.98 Å². The van der Waals surface area contributed by atoms with Crippen LogP contribution in [0.25, 0.3) is 0 Å². The van der Waals surface area contributed by atoms with Gasteiger partial charge in [0.2, 0.25) is 11.8 Å². The molecule has 6 heteroatoms. The Morgan fingerprint density at radius 1 is 1.53 bits per heavy atom. The van der Waals surface area contributed by atoms with Crippen molar-refractivity contribution in [3.05, 3.63) is 11.8 Å². The fourth-order valence-electron chi connectivity index (χ4n) is 0.967. The molecule has 0 bridgehead atoms. The lowest BCUT2D eigenvalue weighted by molar-refractivity contribution is 0.252. The molecule has 0 aliphatic rings. The molecule has 0 atom stereocenters. The van der Waals surface area contributed by atoms with Gasteiger partial charge < -0.3 is 9.64 Å². The number of hydrogen-bond acceptors (Lipinski definition) is 6. The Morgan fingerprint density at radius 2 is 2.27 bits per heavy atom. The number of ether oxygens (including phenoxy) is 1. The van der Waals surface area contributed by atoms with E-state index in [2.05, 4.69) is 15.4 Å². The Hall–Kier alpha value is -1.40. The van der Waals surface area contributed by atoms with Crippen molar-refractivity contribution in [1.82, 2.24) is 14.9 Å². The smallest absolute Gasteiger partial charge is 0.240 e. The average molecular weight is 211 g/mol. The highest BCUT2D eigenvalue weighted by atomic mass is 16.5. The first-order valence-corrected chi connectivity index (χ1v) is 4.71. The van der Waals surface area contributed by atoms with Crippen LogP contribution >= 0.6 is 0 Å². The molecule has 0 aromatic carbocycles. The highest BCUT2D eigenvalue weighted by Crippen LogP contribution is 2.14. The van der Waals surface area contributed by atoms with E-state index in [1.165, 1.54) is 0 Å². The topological polar surface area (TPSA) is 76.3 Å². The van der Waals surface area contributed by atoms with Gasteiger partial charge in [0.15, 0.2) is 0 Å². The summed E-state index contributed by atoms with van der Waals surface area (Å²) < 4.78 is 5.50. The molecule has 0 fully saturated rings. The number of nitrogens with two attached hydrogens (primary N) is 1. The summed E-state index contributed by atoms with van der Waals surface area (Å²) in [7, 11) is 3.98. The molecule has 1 aromatic heterocycles. The van der Waals surface area contributed by atoms with Gasteiger partial charge in [0, 0.05) is 18.3 Å². The van der Waals surface area contributed by atoms with Gasteiger partial charge in [-0.25, -0.2) is 10.8 Å². The monoisotopic (exact) mass is 211 g/mol. The highest BCUT2D eigenvalue weighted by Gasteiger charge is 2.03. The lowest BCUT2D eigenvalue weighted by atomic mass is 10.4. The normalized spacial score (nSPS) is 10.5. The molecule has 0 spiro atoms. The molecule has 0 aliphatic heterocycles. The van der Waals surface area contributed by atoms with Crippen LogP contribution in [0.3, 0.4) is 0 Å². The Morgan fingerprint density at radius 3 is 2.87 bits per heavy atom. The van der Waals surface area contributed by atoms with Gasteiger partial charge in [0.05, 0.1) is 0 Å². The molecule has 0 saturated carbocycles. The molecule has 15 heavy (non-hydrogen) atoms. The highest BCUT2D eigenvalue weighted by molar-refractivity contribution is 5.31. The van der Waals surface area contributed by atoms with Crippen molar-refractivity contribution in [2.24, 2.45) is 5.84 Å². The van der Waals surface area contributed by atoms with Crippen LogP contribution in [0.5, 0.6) is 5.88 Å². The molecule has 6 nitrogen and oxygen atoms in total. The molecule has 0 unspecified atom stereocenters. The van der Waals surface area contributed by atoms with E-state index in [0.717, 1.165) is 12.1 Å². The number of nitrogens with zero attached hydrogens (tertiary/aromatic N) is 3. The second kappa shape index (κ2) is 5.47. The van der Waals surface area contributed by atoms with E-state index < -0.39 is 0 Å². The summed E-state index contributed by atoms with van der Waals surface area (Å²) in [6.07, 6.45) is 1.67. The summed E-state index contributed by atoms with van der Waals surface area (Å²) in [5.74, 6) is 6.14. The summed E-state index contributed by atoms with van der Waals surface area (Å²) in [6.45, 7) is 3.33. The largest absolute Gasteiger partial charge is 0.476 e. The van der Waals surface area contributed by atoms with E-state index in [-0.39, 0.29) is 0 Å². The minimum atomic E-state index is 0.362. The summed E-state index contributed by atoms with van der Waals surface area (Å²) in [5, 5.41) is 0. The standard InChI is InChI=1S/C9H17N5O/c1-7-6-11-9(13-10)12-8(7)15-5-4-14(2)3/h6H,4-5,10H2,1-3H3,(H,11,12,13). The third-order valence-corrected chi connectivity index (χ3v) is 1.83. The number of hydrogen-bond donors (Lipinski definition) is 2. The number of aromatic nitrogens is 2. The van der Waals surface area contributed by atoms with Crippen molar-refractivity contribution in [1.29, 1.82) is 0 Å². The van der Waals surface area contributed by atoms with Crippen LogP contribution in [0.4, 0.5) is 5.95 Å². The third kappa shape index (κ3) is 3.69. The molecule has 3 N–H and O–H groups in total. The predicted octanol–water partition coefficient (Wildman–Crippen LogP) is 0.0110. The van der Waals surface area contributed by atoms with Crippen LogP contribution in [0.15, 0.2) is 6.20 Å². The maximum atomic E-state index is 5.50. The number of nitrogens with one attached hydrogen (secondary N) is 1.